The van der Waals surface area contributed by atoms with Gasteiger partial charge < -0.3 is 15.7 Å². The molecule has 3 rings (SSSR count). The molecule has 0 spiro atoms. The molecule has 0 saturated carbocycles. The Morgan fingerprint density at radius 2 is 1.50 bits per heavy atom. The summed E-state index contributed by atoms with van der Waals surface area (Å²) in [7, 11) is 0. The molecule has 1 unspecified atom stereocenters. The molecule has 0 aliphatic rings. The zero-order valence-electron chi connectivity index (χ0n) is 20.4. The van der Waals surface area contributed by atoms with E-state index in [4.69, 9.17) is 0 Å². The number of carboxylic acids is 1. The molecule has 0 aliphatic heterocycles. The Balaban J connectivity index is 1.94. The van der Waals surface area contributed by atoms with Crippen LogP contribution in [0.3, 0.4) is 0 Å². The van der Waals surface area contributed by atoms with E-state index in [-0.39, 0.29) is 11.1 Å². The number of carbonyl (C=O) groups excluding carboxylic acids is 2. The summed E-state index contributed by atoms with van der Waals surface area (Å²) in [5, 5.41) is 14.2. The number of hydrogen-bond acceptors (Lipinski definition) is 4. The van der Waals surface area contributed by atoms with Crippen molar-refractivity contribution in [3.8, 4) is 11.1 Å². The van der Waals surface area contributed by atoms with Crippen LogP contribution in [0.1, 0.15) is 35.3 Å². The third kappa shape index (κ3) is 7.48. The Bertz CT molecular complexity index is 1350. The van der Waals surface area contributed by atoms with Gasteiger partial charge in [0, 0.05) is 10.3 Å². The van der Waals surface area contributed by atoms with E-state index in [1.54, 1.807) is 12.1 Å². The van der Waals surface area contributed by atoms with Crippen LogP contribution in [-0.2, 0) is 15.8 Å². The Morgan fingerprint density at radius 3 is 2.05 bits per heavy atom. The molecule has 2 amide bonds. The van der Waals surface area contributed by atoms with E-state index >= 15 is 0 Å². The van der Waals surface area contributed by atoms with E-state index in [2.05, 4.69) is 23.3 Å². The second-order valence-electron chi connectivity index (χ2n) is 8.98. The number of halogens is 3. The summed E-state index contributed by atoms with van der Waals surface area (Å²) in [4.78, 5) is 37.8. The van der Waals surface area contributed by atoms with Crippen LogP contribution in [0.15, 0.2) is 84.6 Å². The molecule has 10 heteroatoms. The molecule has 0 aliphatic carbocycles. The Labute approximate surface area is 223 Å². The summed E-state index contributed by atoms with van der Waals surface area (Å²) in [5.41, 5.74) is 0.537. The highest BCUT2D eigenvalue weighted by Gasteiger charge is 2.35. The number of alkyl halides is 3. The van der Waals surface area contributed by atoms with Gasteiger partial charge in [0.25, 0.3) is 11.8 Å². The molecule has 0 fully saturated rings. The lowest BCUT2D eigenvalue weighted by Crippen LogP contribution is -2.53. The van der Waals surface area contributed by atoms with E-state index in [0.29, 0.717) is 0 Å². The molecule has 6 nitrogen and oxygen atoms in total. The predicted octanol–water partition coefficient (Wildman–Crippen LogP) is 5.42. The van der Waals surface area contributed by atoms with E-state index in [1.165, 1.54) is 32.0 Å². The lowest BCUT2D eigenvalue weighted by atomic mass is 10.0. The smallest absolute Gasteiger partial charge is 0.416 e. The summed E-state index contributed by atoms with van der Waals surface area (Å²) in [6.45, 7) is 2.94. The number of hydrogen-bond donors (Lipinski definition) is 4. The first kappa shape index (κ1) is 28.5. The molecule has 3 aromatic carbocycles. The fourth-order valence-corrected chi connectivity index (χ4v) is 3.69. The van der Waals surface area contributed by atoms with Gasteiger partial charge >= 0.3 is 12.1 Å². The Kier molecular flexibility index (Phi) is 8.67. The van der Waals surface area contributed by atoms with E-state index < -0.39 is 46.0 Å². The van der Waals surface area contributed by atoms with Crippen LogP contribution < -0.4 is 10.6 Å². The van der Waals surface area contributed by atoms with Crippen molar-refractivity contribution in [3.05, 3.63) is 101 Å². The van der Waals surface area contributed by atoms with Gasteiger partial charge in [-0.2, -0.15) is 25.8 Å². The van der Waals surface area contributed by atoms with Crippen molar-refractivity contribution in [2.45, 2.75) is 30.8 Å². The molecule has 1 atom stereocenters. The number of amides is 2. The van der Waals surface area contributed by atoms with Gasteiger partial charge in [0.1, 0.15) is 11.7 Å². The van der Waals surface area contributed by atoms with Crippen LogP contribution >= 0.6 is 12.6 Å². The minimum Gasteiger partial charge on any atom is -0.480 e. The van der Waals surface area contributed by atoms with E-state index in [9.17, 15) is 32.7 Å². The maximum atomic E-state index is 13.2. The summed E-state index contributed by atoms with van der Waals surface area (Å²) in [5.74, 6) is -3.10. The fraction of sp³-hybridized carbons (Fsp3) is 0.179. The van der Waals surface area contributed by atoms with Gasteiger partial charge in [0.15, 0.2) is 0 Å². The molecule has 38 heavy (non-hydrogen) atoms. The molecule has 198 valence electrons. The fourth-order valence-electron chi connectivity index (χ4n) is 3.52. The van der Waals surface area contributed by atoms with Crippen molar-refractivity contribution < 1.29 is 32.7 Å². The van der Waals surface area contributed by atoms with Crippen molar-refractivity contribution in [2.24, 2.45) is 0 Å². The van der Waals surface area contributed by atoms with E-state index in [0.717, 1.165) is 35.4 Å². The van der Waals surface area contributed by atoms with Crippen molar-refractivity contribution in [2.75, 3.05) is 0 Å². The predicted molar refractivity (Wildman–Crippen MR) is 141 cm³/mol. The van der Waals surface area contributed by atoms with Crippen LogP contribution in [0.25, 0.3) is 17.2 Å². The van der Waals surface area contributed by atoms with Gasteiger partial charge in [-0.3, -0.25) is 9.59 Å². The van der Waals surface area contributed by atoms with Gasteiger partial charge in [-0.1, -0.05) is 54.6 Å². The lowest BCUT2D eigenvalue weighted by Gasteiger charge is -2.27. The number of carbonyl (C=O) groups is 3. The summed E-state index contributed by atoms with van der Waals surface area (Å²) < 4.78 is 38.4. The standard InChI is InChI=1S/C28H25F3N2O4S/c1-27(2,38)23(26(36)37)33-25(35)22(16-17-7-6-10-21(15-17)28(29,30)31)32-24(34)20-13-11-19(12-14-20)18-8-4-3-5-9-18/h3-16,23,38H,1-2H3,(H,32,34)(H,33,35)(H,36,37). The highest BCUT2D eigenvalue weighted by molar-refractivity contribution is 7.81. The summed E-state index contributed by atoms with van der Waals surface area (Å²) in [6, 6.07) is 18.6. The van der Waals surface area contributed by atoms with Gasteiger partial charge in [-0.25, -0.2) is 4.79 Å². The molecule has 0 heterocycles. The monoisotopic (exact) mass is 542 g/mol. The topological polar surface area (TPSA) is 95.5 Å². The zero-order chi connectivity index (χ0) is 28.1. The molecule has 0 aromatic heterocycles. The van der Waals surface area contributed by atoms with Crippen molar-refractivity contribution in [3.63, 3.8) is 0 Å². The van der Waals surface area contributed by atoms with Crippen LogP contribution in [0.5, 0.6) is 0 Å². The average Bonchev–Trinajstić information content (AvgIpc) is 2.86. The number of carboxylic acid groups (broad SMARTS) is 1. The van der Waals surface area contributed by atoms with Crippen LogP contribution in [0.2, 0.25) is 0 Å². The zero-order valence-corrected chi connectivity index (χ0v) is 21.3. The van der Waals surface area contributed by atoms with Gasteiger partial charge in [0.05, 0.1) is 5.56 Å². The minimum absolute atomic E-state index is 0.0262. The molecular weight excluding hydrogens is 517 g/mol. The molecule has 3 N–H and O–H groups in total. The van der Waals surface area contributed by atoms with Crippen molar-refractivity contribution in [1.82, 2.24) is 10.6 Å². The number of thiol groups is 1. The SMILES string of the molecule is CC(C)(S)C(NC(=O)C(=Cc1cccc(C(F)(F)F)c1)NC(=O)c1ccc(-c2ccccc2)cc1)C(=O)O. The van der Waals surface area contributed by atoms with Crippen LogP contribution in [-0.4, -0.2) is 33.7 Å². The second kappa shape index (κ2) is 11.6. The number of benzene rings is 3. The summed E-state index contributed by atoms with van der Waals surface area (Å²) in [6.07, 6.45) is -3.58. The first-order valence-electron chi connectivity index (χ1n) is 11.4. The largest absolute Gasteiger partial charge is 0.480 e. The number of rotatable bonds is 8. The van der Waals surface area contributed by atoms with Crippen molar-refractivity contribution >= 4 is 36.5 Å². The normalized spacial score (nSPS) is 12.9. The lowest BCUT2D eigenvalue weighted by molar-refractivity contribution is -0.142. The first-order valence-corrected chi connectivity index (χ1v) is 11.8. The highest BCUT2D eigenvalue weighted by atomic mass is 32.1. The molecule has 3 aromatic rings. The quantitative estimate of drug-likeness (QED) is 0.226. The van der Waals surface area contributed by atoms with Crippen molar-refractivity contribution in [1.29, 1.82) is 0 Å². The molecule has 0 radical (unpaired) electrons. The third-order valence-electron chi connectivity index (χ3n) is 5.50. The highest BCUT2D eigenvalue weighted by Crippen LogP contribution is 2.30. The van der Waals surface area contributed by atoms with Crippen LogP contribution in [0, 0.1) is 0 Å². The molecule has 0 bridgehead atoms. The Hall–Kier alpha value is -4.05. The Morgan fingerprint density at radius 1 is 0.895 bits per heavy atom. The average molecular weight is 543 g/mol. The molecular formula is C28H25F3N2O4S. The van der Waals surface area contributed by atoms with Gasteiger partial charge in [-0.15, -0.1) is 0 Å². The maximum Gasteiger partial charge on any atom is 0.416 e. The number of nitrogens with one attached hydrogen (secondary N) is 2. The minimum atomic E-state index is -4.62. The summed E-state index contributed by atoms with van der Waals surface area (Å²) >= 11 is 4.22. The number of aliphatic carboxylic acids is 1. The van der Waals surface area contributed by atoms with Gasteiger partial charge in [0.2, 0.25) is 0 Å². The third-order valence-corrected chi connectivity index (χ3v) is 5.76. The second-order valence-corrected chi connectivity index (χ2v) is 10.1. The maximum absolute atomic E-state index is 13.2. The van der Waals surface area contributed by atoms with Crippen LogP contribution in [0.4, 0.5) is 13.2 Å². The first-order chi connectivity index (χ1) is 17.8. The van der Waals surface area contributed by atoms with Gasteiger partial charge in [-0.05, 0) is 60.9 Å². The van der Waals surface area contributed by atoms with E-state index in [1.807, 2.05) is 30.3 Å². The molecule has 0 saturated heterocycles.